The van der Waals surface area contributed by atoms with Gasteiger partial charge in [0, 0.05) is 42.0 Å². The van der Waals surface area contributed by atoms with E-state index in [-0.39, 0.29) is 35.3 Å². The van der Waals surface area contributed by atoms with Gasteiger partial charge >= 0.3 is 0 Å². The number of nitrogens with zero attached hydrogens (tertiary/aromatic N) is 2. The summed E-state index contributed by atoms with van der Waals surface area (Å²) in [5.74, 6) is -0.826. The fourth-order valence-corrected chi connectivity index (χ4v) is 2.36. The molecule has 1 unspecified atom stereocenters. The third kappa shape index (κ3) is 4.74. The summed E-state index contributed by atoms with van der Waals surface area (Å²) in [5.41, 5.74) is 0.368. The molecule has 2 aromatic rings. The Morgan fingerprint density at radius 1 is 1.38 bits per heavy atom. The first-order chi connectivity index (χ1) is 11.5. The lowest BCUT2D eigenvalue weighted by molar-refractivity contribution is -0.385. The van der Waals surface area contributed by atoms with Crippen molar-refractivity contribution < 1.29 is 14.8 Å². The van der Waals surface area contributed by atoms with Crippen molar-refractivity contribution in [2.75, 3.05) is 13.2 Å². The summed E-state index contributed by atoms with van der Waals surface area (Å²) in [6, 6.07) is 9.32. The van der Waals surface area contributed by atoms with Crippen LogP contribution in [0.3, 0.4) is 0 Å². The fourth-order valence-electron chi connectivity index (χ4n) is 2.20. The average molecular weight is 350 g/mol. The van der Waals surface area contributed by atoms with Crippen LogP contribution in [-0.4, -0.2) is 34.1 Å². The van der Waals surface area contributed by atoms with Crippen molar-refractivity contribution in [2.45, 2.75) is 6.42 Å². The predicted octanol–water partition coefficient (Wildman–Crippen LogP) is 2.22. The van der Waals surface area contributed by atoms with E-state index in [0.717, 1.165) is 11.8 Å². The number of benzene rings is 1. The van der Waals surface area contributed by atoms with Crippen LogP contribution < -0.4 is 5.32 Å². The lowest BCUT2D eigenvalue weighted by Gasteiger charge is -2.14. The van der Waals surface area contributed by atoms with Crippen LogP contribution in [0.15, 0.2) is 42.6 Å². The molecule has 0 saturated carbocycles. The molecule has 0 aliphatic heterocycles. The molecule has 1 heterocycles. The van der Waals surface area contributed by atoms with Gasteiger partial charge in [0.1, 0.15) is 5.56 Å². The molecule has 0 spiro atoms. The molecule has 2 rings (SSSR count). The van der Waals surface area contributed by atoms with Crippen molar-refractivity contribution in [1.29, 1.82) is 0 Å². The van der Waals surface area contributed by atoms with E-state index in [1.54, 1.807) is 12.3 Å². The van der Waals surface area contributed by atoms with Gasteiger partial charge in [0.25, 0.3) is 11.6 Å². The fraction of sp³-hybridized carbons (Fsp3) is 0.250. The van der Waals surface area contributed by atoms with Gasteiger partial charge < -0.3 is 10.4 Å². The van der Waals surface area contributed by atoms with E-state index in [1.165, 1.54) is 12.1 Å². The monoisotopic (exact) mass is 349 g/mol. The van der Waals surface area contributed by atoms with Crippen LogP contribution in [0.5, 0.6) is 0 Å². The van der Waals surface area contributed by atoms with E-state index in [9.17, 15) is 20.0 Å². The molecule has 1 amide bonds. The minimum absolute atomic E-state index is 0.0704. The van der Waals surface area contributed by atoms with Crippen LogP contribution in [-0.2, 0) is 6.42 Å². The molecule has 8 heteroatoms. The highest BCUT2D eigenvalue weighted by molar-refractivity contribution is 6.31. The summed E-state index contributed by atoms with van der Waals surface area (Å²) >= 11 is 5.73. The molecule has 1 aromatic heterocycles. The molecule has 7 nitrogen and oxygen atoms in total. The number of carbonyl (C=O) groups excluding carboxylic acids is 1. The first-order valence-corrected chi connectivity index (χ1v) is 7.62. The summed E-state index contributed by atoms with van der Waals surface area (Å²) in [6.45, 7) is 0.0330. The number of nitro benzene ring substituents is 1. The molecular weight excluding hydrogens is 334 g/mol. The van der Waals surface area contributed by atoms with E-state index >= 15 is 0 Å². The molecule has 24 heavy (non-hydrogen) atoms. The van der Waals surface area contributed by atoms with Crippen LogP contribution >= 0.6 is 11.6 Å². The second-order valence-corrected chi connectivity index (χ2v) is 5.64. The zero-order chi connectivity index (χ0) is 17.5. The highest BCUT2D eigenvalue weighted by Crippen LogP contribution is 2.23. The first-order valence-electron chi connectivity index (χ1n) is 7.24. The Labute approximate surface area is 143 Å². The number of aliphatic hydroxyl groups is 1. The van der Waals surface area contributed by atoms with Crippen molar-refractivity contribution in [1.82, 2.24) is 10.3 Å². The molecule has 126 valence electrons. The number of nitrogens with one attached hydrogen (secondary N) is 1. The molecule has 0 fully saturated rings. The van der Waals surface area contributed by atoms with Gasteiger partial charge in [0.2, 0.25) is 0 Å². The Kier molecular flexibility index (Phi) is 6.22. The van der Waals surface area contributed by atoms with E-state index in [0.29, 0.717) is 6.42 Å². The summed E-state index contributed by atoms with van der Waals surface area (Å²) < 4.78 is 0. The highest BCUT2D eigenvalue weighted by Gasteiger charge is 2.21. The smallest absolute Gasteiger partial charge is 0.283 e. The molecule has 0 aliphatic carbocycles. The predicted molar refractivity (Wildman–Crippen MR) is 89.0 cm³/mol. The number of aromatic nitrogens is 1. The van der Waals surface area contributed by atoms with Crippen LogP contribution in [0, 0.1) is 16.0 Å². The van der Waals surface area contributed by atoms with Crippen molar-refractivity contribution in [3.63, 3.8) is 0 Å². The molecule has 2 N–H and O–H groups in total. The van der Waals surface area contributed by atoms with Crippen LogP contribution in [0.2, 0.25) is 5.02 Å². The highest BCUT2D eigenvalue weighted by atomic mass is 35.5. The normalized spacial score (nSPS) is 11.8. The number of amides is 1. The molecule has 0 aliphatic rings. The van der Waals surface area contributed by atoms with E-state index in [4.69, 9.17) is 11.6 Å². The van der Waals surface area contributed by atoms with Crippen molar-refractivity contribution >= 4 is 23.2 Å². The van der Waals surface area contributed by atoms with Gasteiger partial charge in [0.05, 0.1) is 4.92 Å². The number of halogens is 1. The van der Waals surface area contributed by atoms with E-state index in [2.05, 4.69) is 10.3 Å². The molecular formula is C16H16ClN3O4. The Hall–Kier alpha value is -2.51. The average Bonchev–Trinajstić information content (AvgIpc) is 2.59. The van der Waals surface area contributed by atoms with Gasteiger partial charge in [-0.25, -0.2) is 0 Å². The molecule has 0 saturated heterocycles. The zero-order valence-corrected chi connectivity index (χ0v) is 13.4. The van der Waals surface area contributed by atoms with Gasteiger partial charge in [0.15, 0.2) is 0 Å². The summed E-state index contributed by atoms with van der Waals surface area (Å²) in [7, 11) is 0. The van der Waals surface area contributed by atoms with Crippen LogP contribution in [0.25, 0.3) is 0 Å². The second kappa shape index (κ2) is 8.37. The number of rotatable bonds is 7. The topological polar surface area (TPSA) is 105 Å². The molecule has 0 bridgehead atoms. The number of hydrogen-bond acceptors (Lipinski definition) is 5. The SMILES string of the molecule is O=C(NCC(CO)Cc1ccccn1)c1ccc(Cl)cc1[N+](=O)[O-]. The first kappa shape index (κ1) is 17.8. The largest absolute Gasteiger partial charge is 0.396 e. The summed E-state index contributed by atoms with van der Waals surface area (Å²) in [4.78, 5) is 26.7. The van der Waals surface area contributed by atoms with Gasteiger partial charge in [-0.3, -0.25) is 19.9 Å². The summed E-state index contributed by atoms with van der Waals surface area (Å²) in [6.07, 6.45) is 2.14. The van der Waals surface area contributed by atoms with E-state index < -0.39 is 10.8 Å². The van der Waals surface area contributed by atoms with Crippen LogP contribution in [0.1, 0.15) is 16.1 Å². The minimum atomic E-state index is -0.655. The number of hydrogen-bond donors (Lipinski definition) is 2. The van der Waals surface area contributed by atoms with E-state index in [1.807, 2.05) is 12.1 Å². The standard InChI is InChI=1S/C16H16ClN3O4/c17-12-4-5-14(15(8-12)20(23)24)16(22)19-9-11(10-21)7-13-3-1-2-6-18-13/h1-6,8,11,21H,7,9-10H2,(H,19,22). The molecule has 1 atom stereocenters. The van der Waals surface area contributed by atoms with Crippen molar-refractivity contribution in [2.24, 2.45) is 5.92 Å². The lowest BCUT2D eigenvalue weighted by Crippen LogP contribution is -2.32. The zero-order valence-electron chi connectivity index (χ0n) is 12.7. The number of nitro groups is 1. The van der Waals surface area contributed by atoms with Crippen molar-refractivity contribution in [3.8, 4) is 0 Å². The van der Waals surface area contributed by atoms with Gasteiger partial charge in [-0.1, -0.05) is 17.7 Å². The third-order valence-electron chi connectivity index (χ3n) is 3.43. The Morgan fingerprint density at radius 3 is 2.79 bits per heavy atom. The maximum atomic E-state index is 12.2. The molecule has 1 aromatic carbocycles. The maximum Gasteiger partial charge on any atom is 0.283 e. The number of aliphatic hydroxyl groups excluding tert-OH is 1. The summed E-state index contributed by atoms with van der Waals surface area (Å²) in [5, 5.41) is 23.3. The number of pyridine rings is 1. The second-order valence-electron chi connectivity index (χ2n) is 5.20. The maximum absolute atomic E-state index is 12.2. The van der Waals surface area contributed by atoms with Crippen molar-refractivity contribution in [3.05, 3.63) is 69.0 Å². The quantitative estimate of drug-likeness (QED) is 0.589. The third-order valence-corrected chi connectivity index (χ3v) is 3.67. The minimum Gasteiger partial charge on any atom is -0.396 e. The number of carbonyl (C=O) groups is 1. The van der Waals surface area contributed by atoms with Gasteiger partial charge in [-0.05, 0) is 30.7 Å². The van der Waals surface area contributed by atoms with Crippen LogP contribution in [0.4, 0.5) is 5.69 Å². The molecule has 0 radical (unpaired) electrons. The van der Waals surface area contributed by atoms with Gasteiger partial charge in [-0.2, -0.15) is 0 Å². The Bertz CT molecular complexity index is 725. The van der Waals surface area contributed by atoms with Gasteiger partial charge in [-0.15, -0.1) is 0 Å². The Balaban J connectivity index is 2.03. The Morgan fingerprint density at radius 2 is 2.17 bits per heavy atom. The lowest BCUT2D eigenvalue weighted by atomic mass is 10.0.